The predicted molar refractivity (Wildman–Crippen MR) is 74.0 cm³/mol. The zero-order chi connectivity index (χ0) is 14.7. The van der Waals surface area contributed by atoms with Crippen molar-refractivity contribution in [3.63, 3.8) is 0 Å². The highest BCUT2D eigenvalue weighted by molar-refractivity contribution is 7.14. The summed E-state index contributed by atoms with van der Waals surface area (Å²) >= 11 is 1.17. The molecule has 2 aromatic rings. The molecule has 0 spiro atoms. The van der Waals surface area contributed by atoms with Crippen molar-refractivity contribution < 1.29 is 14.3 Å². The van der Waals surface area contributed by atoms with Crippen LogP contribution in [0.1, 0.15) is 33.5 Å². The number of esters is 1. The molecule has 1 N–H and O–H groups in total. The van der Waals surface area contributed by atoms with Gasteiger partial charge >= 0.3 is 5.97 Å². The number of nitrogens with one attached hydrogen (secondary N) is 1. The van der Waals surface area contributed by atoms with Crippen molar-refractivity contribution in [1.29, 1.82) is 0 Å². The summed E-state index contributed by atoms with van der Waals surface area (Å²) in [6, 6.07) is 0. The summed E-state index contributed by atoms with van der Waals surface area (Å²) in [4.78, 5) is 27.6. The van der Waals surface area contributed by atoms with Crippen LogP contribution in [0.4, 0.5) is 5.13 Å². The number of aromatic nitrogens is 3. The number of carbonyl (C=O) groups is 2. The van der Waals surface area contributed by atoms with E-state index in [-0.39, 0.29) is 18.2 Å². The van der Waals surface area contributed by atoms with Gasteiger partial charge in [0.1, 0.15) is 5.69 Å². The van der Waals surface area contributed by atoms with E-state index in [4.69, 9.17) is 4.74 Å². The quantitative estimate of drug-likeness (QED) is 0.866. The average molecular weight is 294 g/mol. The van der Waals surface area contributed by atoms with E-state index < -0.39 is 5.97 Å². The Bertz CT molecular complexity index is 627. The summed E-state index contributed by atoms with van der Waals surface area (Å²) in [6.45, 7) is 3.80. The first-order valence-corrected chi connectivity index (χ1v) is 6.83. The van der Waals surface area contributed by atoms with Gasteiger partial charge in [-0.1, -0.05) is 0 Å². The molecule has 0 aliphatic carbocycles. The van der Waals surface area contributed by atoms with Gasteiger partial charge in [-0.15, -0.1) is 11.3 Å². The fraction of sp³-hybridized carbons (Fsp3) is 0.333. The van der Waals surface area contributed by atoms with Gasteiger partial charge in [-0.05, 0) is 19.4 Å². The van der Waals surface area contributed by atoms with Crippen molar-refractivity contribution in [3.8, 4) is 0 Å². The van der Waals surface area contributed by atoms with Gasteiger partial charge in [0, 0.05) is 12.4 Å². The first kappa shape index (κ1) is 14.2. The Labute approximate surface area is 119 Å². The molecule has 2 aromatic heterocycles. The lowest BCUT2D eigenvalue weighted by Gasteiger charge is -2.03. The first-order chi connectivity index (χ1) is 9.52. The van der Waals surface area contributed by atoms with Gasteiger partial charge in [-0.25, -0.2) is 9.78 Å². The number of nitrogens with zero attached hydrogens (tertiary/aromatic N) is 3. The zero-order valence-electron chi connectivity index (χ0n) is 11.3. The number of carbonyl (C=O) groups excluding carboxylic acids is 2. The fourth-order valence-corrected chi connectivity index (χ4v) is 2.33. The third-order valence-electron chi connectivity index (χ3n) is 2.55. The normalized spacial score (nSPS) is 10.3. The van der Waals surface area contributed by atoms with Crippen LogP contribution in [0.3, 0.4) is 0 Å². The molecule has 1 amide bonds. The van der Waals surface area contributed by atoms with Gasteiger partial charge in [-0.2, -0.15) is 5.10 Å². The number of rotatable bonds is 4. The van der Waals surface area contributed by atoms with Gasteiger partial charge in [0.15, 0.2) is 10.8 Å². The minimum absolute atomic E-state index is 0.189. The van der Waals surface area contributed by atoms with Crippen molar-refractivity contribution in [1.82, 2.24) is 14.8 Å². The van der Waals surface area contributed by atoms with Crippen LogP contribution in [0.25, 0.3) is 0 Å². The Morgan fingerprint density at radius 1 is 1.50 bits per heavy atom. The van der Waals surface area contributed by atoms with Crippen LogP contribution >= 0.6 is 11.3 Å². The van der Waals surface area contributed by atoms with Gasteiger partial charge in [0.05, 0.1) is 12.8 Å². The summed E-state index contributed by atoms with van der Waals surface area (Å²) in [5, 5.41) is 8.54. The van der Waals surface area contributed by atoms with E-state index in [1.54, 1.807) is 32.5 Å². The maximum Gasteiger partial charge on any atom is 0.357 e. The molecule has 0 unspecified atom stereocenters. The third-order valence-corrected chi connectivity index (χ3v) is 3.30. The molecule has 0 aliphatic heterocycles. The maximum absolute atomic E-state index is 12.1. The number of amides is 1. The highest BCUT2D eigenvalue weighted by atomic mass is 32.1. The van der Waals surface area contributed by atoms with E-state index in [9.17, 15) is 9.59 Å². The zero-order valence-corrected chi connectivity index (χ0v) is 12.2. The molecule has 0 saturated carbocycles. The molecule has 8 heteroatoms. The summed E-state index contributed by atoms with van der Waals surface area (Å²) < 4.78 is 6.33. The predicted octanol–water partition coefficient (Wildman–Crippen LogP) is 1.61. The van der Waals surface area contributed by atoms with Crippen LogP contribution in [-0.2, 0) is 11.8 Å². The van der Waals surface area contributed by atoms with Crippen LogP contribution in [0.5, 0.6) is 0 Å². The van der Waals surface area contributed by atoms with E-state index >= 15 is 0 Å². The lowest BCUT2D eigenvalue weighted by molar-refractivity contribution is 0.0520. The van der Waals surface area contributed by atoms with Crippen LogP contribution in [0.15, 0.2) is 11.6 Å². The lowest BCUT2D eigenvalue weighted by Crippen LogP contribution is -2.17. The minimum atomic E-state index is -0.499. The van der Waals surface area contributed by atoms with Crippen molar-refractivity contribution in [2.75, 3.05) is 11.9 Å². The number of anilines is 1. The summed E-state index contributed by atoms with van der Waals surface area (Å²) in [7, 11) is 1.69. The summed E-state index contributed by atoms with van der Waals surface area (Å²) in [5.74, 6) is -0.812. The van der Waals surface area contributed by atoms with E-state index in [0.29, 0.717) is 10.8 Å². The SMILES string of the molecule is CCOC(=O)c1csc(NC(=O)c2c(C)cnn2C)n1. The molecule has 2 heterocycles. The molecule has 7 nitrogen and oxygen atoms in total. The Balaban J connectivity index is 2.11. The number of ether oxygens (including phenoxy) is 1. The van der Waals surface area contributed by atoms with E-state index in [1.807, 2.05) is 0 Å². The first-order valence-electron chi connectivity index (χ1n) is 5.95. The third kappa shape index (κ3) is 2.85. The molecule has 2 rings (SSSR count). The molecule has 0 bridgehead atoms. The smallest absolute Gasteiger partial charge is 0.357 e. The largest absolute Gasteiger partial charge is 0.461 e. The Morgan fingerprint density at radius 2 is 2.25 bits per heavy atom. The highest BCUT2D eigenvalue weighted by Gasteiger charge is 2.17. The van der Waals surface area contributed by atoms with Crippen molar-refractivity contribution in [2.45, 2.75) is 13.8 Å². The molecule has 20 heavy (non-hydrogen) atoms. The Kier molecular flexibility index (Phi) is 4.14. The number of thiazole rings is 1. The molecule has 0 aliphatic rings. The second-order valence-corrected chi connectivity index (χ2v) is 4.87. The van der Waals surface area contributed by atoms with Gasteiger partial charge in [-0.3, -0.25) is 14.8 Å². The Hall–Kier alpha value is -2.22. The van der Waals surface area contributed by atoms with E-state index in [0.717, 1.165) is 5.56 Å². The van der Waals surface area contributed by atoms with Gasteiger partial charge in [0.2, 0.25) is 0 Å². The van der Waals surface area contributed by atoms with Gasteiger partial charge < -0.3 is 4.74 Å². The summed E-state index contributed by atoms with van der Waals surface area (Å²) in [6.07, 6.45) is 1.61. The maximum atomic E-state index is 12.1. The number of hydrogen-bond acceptors (Lipinski definition) is 6. The minimum Gasteiger partial charge on any atom is -0.461 e. The van der Waals surface area contributed by atoms with Crippen molar-refractivity contribution in [3.05, 3.63) is 28.5 Å². The van der Waals surface area contributed by atoms with Crippen LogP contribution < -0.4 is 5.32 Å². The molecule has 0 atom stereocenters. The fourth-order valence-electron chi connectivity index (χ4n) is 1.66. The summed E-state index contributed by atoms with van der Waals surface area (Å²) in [5.41, 5.74) is 1.42. The Morgan fingerprint density at radius 3 is 2.85 bits per heavy atom. The van der Waals surface area contributed by atoms with Crippen LogP contribution in [0.2, 0.25) is 0 Å². The topological polar surface area (TPSA) is 86.1 Å². The van der Waals surface area contributed by atoms with Crippen molar-refractivity contribution >= 4 is 28.3 Å². The van der Waals surface area contributed by atoms with Crippen molar-refractivity contribution in [2.24, 2.45) is 7.05 Å². The molecule has 0 aromatic carbocycles. The molecule has 0 radical (unpaired) electrons. The standard InChI is InChI=1S/C12H14N4O3S/c1-4-19-11(18)8-6-20-12(14-8)15-10(17)9-7(2)5-13-16(9)3/h5-6H,4H2,1-3H3,(H,14,15,17). The van der Waals surface area contributed by atoms with Crippen LogP contribution in [-0.4, -0.2) is 33.2 Å². The average Bonchev–Trinajstić information content (AvgIpc) is 2.97. The highest BCUT2D eigenvalue weighted by Crippen LogP contribution is 2.18. The monoisotopic (exact) mass is 294 g/mol. The van der Waals surface area contributed by atoms with Crippen LogP contribution in [0, 0.1) is 6.92 Å². The van der Waals surface area contributed by atoms with E-state index in [2.05, 4.69) is 15.4 Å². The molecular weight excluding hydrogens is 280 g/mol. The molecule has 0 saturated heterocycles. The lowest BCUT2D eigenvalue weighted by atomic mass is 10.2. The molecule has 106 valence electrons. The molecule has 0 fully saturated rings. The number of aryl methyl sites for hydroxylation is 2. The van der Waals surface area contributed by atoms with E-state index in [1.165, 1.54) is 16.0 Å². The van der Waals surface area contributed by atoms with Gasteiger partial charge in [0.25, 0.3) is 5.91 Å². The second kappa shape index (κ2) is 5.83. The molecular formula is C12H14N4O3S. The number of hydrogen-bond donors (Lipinski definition) is 1. The second-order valence-electron chi connectivity index (χ2n) is 4.01.